The van der Waals surface area contributed by atoms with Gasteiger partial charge in [0, 0.05) is 50.1 Å². The Bertz CT molecular complexity index is 1890. The standard InChI is InChI=1S/C32H30Cl2F2N6O6S/c1-48-31(45)26(12-19-5-7-21(8-6-19)39-30(44)28-24(33)15-38-16-25(28)34)40-29(43)27-13-22(41-10-9-32(35,36)18-41)17-42(27)49(46,47)23-4-2-3-20(11-23)14-37/h2-8,11,15-16,22,26-27H,9-10,12-13,17-18H2,1H3,(H,39,44)(H,40,43)/t22-,26?,27+/m1/s1. The number of rotatable bonds is 10. The number of hydrogen-bond donors (Lipinski definition) is 2. The van der Waals surface area contributed by atoms with Crippen LogP contribution < -0.4 is 10.6 Å². The number of methoxy groups -OCH3 is 1. The fraction of sp³-hybridized carbons (Fsp3) is 0.344. The van der Waals surface area contributed by atoms with Crippen LogP contribution >= 0.6 is 23.2 Å². The molecule has 2 fully saturated rings. The molecule has 0 spiro atoms. The van der Waals surface area contributed by atoms with Crippen molar-refractivity contribution in [1.29, 1.82) is 5.26 Å². The number of ether oxygens (including phenoxy) is 1. The number of anilines is 1. The van der Waals surface area contributed by atoms with Gasteiger partial charge in [0.2, 0.25) is 15.9 Å². The van der Waals surface area contributed by atoms with Gasteiger partial charge in [-0.2, -0.15) is 9.57 Å². The van der Waals surface area contributed by atoms with Crippen LogP contribution in [0.5, 0.6) is 0 Å². The molecular weight excluding hydrogens is 705 g/mol. The topological polar surface area (TPSA) is 162 Å². The average molecular weight is 736 g/mol. The van der Waals surface area contributed by atoms with Crippen molar-refractivity contribution in [3.05, 3.63) is 87.7 Å². The SMILES string of the molecule is COC(=O)C(Cc1ccc(NC(=O)c2c(Cl)cncc2Cl)cc1)NC(=O)[C@@H]1C[C@@H](N2CCC(F)(F)C2)CN1S(=O)(=O)c1cccc(C#N)c1. The van der Waals surface area contributed by atoms with Gasteiger partial charge in [-0.1, -0.05) is 41.4 Å². The highest BCUT2D eigenvalue weighted by atomic mass is 35.5. The summed E-state index contributed by atoms with van der Waals surface area (Å²) >= 11 is 12.1. The zero-order chi connectivity index (χ0) is 35.5. The number of pyridine rings is 1. The molecule has 3 aromatic rings. The van der Waals surface area contributed by atoms with Crippen LogP contribution in [-0.4, -0.2) is 91.2 Å². The first kappa shape index (κ1) is 36.1. The molecule has 0 saturated carbocycles. The van der Waals surface area contributed by atoms with E-state index >= 15 is 0 Å². The Labute approximate surface area is 291 Å². The minimum atomic E-state index is -4.38. The molecule has 258 valence electrons. The average Bonchev–Trinajstić information content (AvgIpc) is 3.69. The summed E-state index contributed by atoms with van der Waals surface area (Å²) < 4.78 is 61.8. The van der Waals surface area contributed by atoms with Gasteiger partial charge in [0.1, 0.15) is 12.1 Å². The lowest BCUT2D eigenvalue weighted by Gasteiger charge is -2.25. The molecule has 2 amide bonds. The Hall–Kier alpha value is -4.20. The second-order valence-electron chi connectivity index (χ2n) is 11.6. The quantitative estimate of drug-likeness (QED) is 0.295. The van der Waals surface area contributed by atoms with E-state index in [9.17, 15) is 36.8 Å². The van der Waals surface area contributed by atoms with Gasteiger partial charge in [-0.05, 0) is 42.3 Å². The van der Waals surface area contributed by atoms with Crippen molar-refractivity contribution in [3.63, 3.8) is 0 Å². The van der Waals surface area contributed by atoms with E-state index in [0.29, 0.717) is 11.3 Å². The zero-order valence-corrected chi connectivity index (χ0v) is 28.2. The molecule has 0 bridgehead atoms. The molecule has 12 nitrogen and oxygen atoms in total. The van der Waals surface area contributed by atoms with Gasteiger partial charge in [0.25, 0.3) is 11.8 Å². The predicted octanol–water partition coefficient (Wildman–Crippen LogP) is 3.89. The molecule has 2 saturated heterocycles. The van der Waals surface area contributed by atoms with E-state index in [1.54, 1.807) is 24.3 Å². The van der Waals surface area contributed by atoms with Gasteiger partial charge in [0.15, 0.2) is 0 Å². The van der Waals surface area contributed by atoms with Crippen LogP contribution in [0.15, 0.2) is 65.8 Å². The van der Waals surface area contributed by atoms with Gasteiger partial charge >= 0.3 is 5.97 Å². The lowest BCUT2D eigenvalue weighted by Crippen LogP contribution is -2.51. The van der Waals surface area contributed by atoms with Crippen molar-refractivity contribution in [2.24, 2.45) is 0 Å². The lowest BCUT2D eigenvalue weighted by atomic mass is 10.0. The highest BCUT2D eigenvalue weighted by Crippen LogP contribution is 2.35. The van der Waals surface area contributed by atoms with Crippen molar-refractivity contribution in [2.45, 2.75) is 48.2 Å². The number of carbonyl (C=O) groups is 3. The molecule has 2 aliphatic heterocycles. The maximum atomic E-state index is 14.1. The normalized spacial score (nSPS) is 19.9. The van der Waals surface area contributed by atoms with Crippen molar-refractivity contribution in [1.82, 2.24) is 19.5 Å². The Morgan fingerprint density at radius 2 is 1.84 bits per heavy atom. The third-order valence-electron chi connectivity index (χ3n) is 8.36. The van der Waals surface area contributed by atoms with Crippen molar-refractivity contribution in [3.8, 4) is 6.07 Å². The van der Waals surface area contributed by atoms with Gasteiger partial charge in [-0.3, -0.25) is 19.5 Å². The Morgan fingerprint density at radius 3 is 2.45 bits per heavy atom. The predicted molar refractivity (Wildman–Crippen MR) is 175 cm³/mol. The first-order valence-corrected chi connectivity index (χ1v) is 17.1. The van der Waals surface area contributed by atoms with Crippen LogP contribution in [-0.2, 0) is 30.8 Å². The summed E-state index contributed by atoms with van der Waals surface area (Å²) in [7, 11) is -3.25. The molecular formula is C32H30Cl2F2N6O6S. The van der Waals surface area contributed by atoms with Crippen molar-refractivity contribution in [2.75, 3.05) is 32.1 Å². The van der Waals surface area contributed by atoms with Crippen LogP contribution in [0.4, 0.5) is 14.5 Å². The van der Waals surface area contributed by atoms with E-state index < -0.39 is 64.8 Å². The number of carbonyl (C=O) groups excluding carboxylic acids is 3. The lowest BCUT2D eigenvalue weighted by molar-refractivity contribution is -0.145. The first-order valence-electron chi connectivity index (χ1n) is 14.9. The first-order chi connectivity index (χ1) is 23.2. The molecule has 2 N–H and O–H groups in total. The fourth-order valence-corrected chi connectivity index (χ4v) is 8.09. The van der Waals surface area contributed by atoms with E-state index in [4.69, 9.17) is 27.9 Å². The van der Waals surface area contributed by atoms with Gasteiger partial charge in [0.05, 0.1) is 45.8 Å². The van der Waals surface area contributed by atoms with Crippen molar-refractivity contribution >= 4 is 56.7 Å². The minimum absolute atomic E-state index is 0.0215. The third-order valence-corrected chi connectivity index (χ3v) is 10.8. The maximum absolute atomic E-state index is 14.1. The van der Waals surface area contributed by atoms with Gasteiger partial charge < -0.3 is 15.4 Å². The number of likely N-dealkylation sites (tertiary alicyclic amines) is 1. The number of halogens is 4. The summed E-state index contributed by atoms with van der Waals surface area (Å²) in [6.07, 6.45) is 2.00. The van der Waals surface area contributed by atoms with E-state index in [2.05, 4.69) is 15.6 Å². The van der Waals surface area contributed by atoms with Crippen LogP contribution in [0.1, 0.15) is 34.3 Å². The largest absolute Gasteiger partial charge is 0.467 e. The highest BCUT2D eigenvalue weighted by Gasteiger charge is 2.50. The van der Waals surface area contributed by atoms with Crippen LogP contribution in [0.25, 0.3) is 0 Å². The summed E-state index contributed by atoms with van der Waals surface area (Å²) in [6.45, 7) is -0.805. The van der Waals surface area contributed by atoms with E-state index in [1.165, 1.54) is 41.6 Å². The van der Waals surface area contributed by atoms with E-state index in [0.717, 1.165) is 11.4 Å². The fourth-order valence-electron chi connectivity index (χ4n) is 5.87. The summed E-state index contributed by atoms with van der Waals surface area (Å²) in [5, 5.41) is 14.7. The Kier molecular flexibility index (Phi) is 10.9. The summed E-state index contributed by atoms with van der Waals surface area (Å²) in [6, 6.07) is 10.2. The Morgan fingerprint density at radius 1 is 1.14 bits per heavy atom. The number of benzene rings is 2. The zero-order valence-electron chi connectivity index (χ0n) is 25.9. The molecule has 1 unspecified atom stereocenters. The molecule has 2 aliphatic rings. The van der Waals surface area contributed by atoms with Crippen LogP contribution in [0, 0.1) is 11.3 Å². The highest BCUT2D eigenvalue weighted by molar-refractivity contribution is 7.89. The summed E-state index contributed by atoms with van der Waals surface area (Å²) in [4.78, 5) is 44.4. The maximum Gasteiger partial charge on any atom is 0.328 e. The number of esters is 1. The number of hydrogen-bond acceptors (Lipinski definition) is 9. The van der Waals surface area contributed by atoms with E-state index in [1.807, 2.05) is 6.07 Å². The molecule has 3 heterocycles. The molecule has 3 atom stereocenters. The third kappa shape index (κ3) is 8.17. The van der Waals surface area contributed by atoms with Gasteiger partial charge in [-0.25, -0.2) is 22.0 Å². The molecule has 2 aromatic carbocycles. The Balaban J connectivity index is 1.34. The summed E-state index contributed by atoms with van der Waals surface area (Å²) in [5.74, 6) is -5.15. The number of amides is 2. The summed E-state index contributed by atoms with van der Waals surface area (Å²) in [5.41, 5.74) is 1.05. The second kappa shape index (κ2) is 14.7. The molecule has 49 heavy (non-hydrogen) atoms. The van der Waals surface area contributed by atoms with Crippen molar-refractivity contribution < 1.29 is 36.3 Å². The monoisotopic (exact) mass is 734 g/mol. The van der Waals surface area contributed by atoms with Crippen LogP contribution in [0.3, 0.4) is 0 Å². The number of sulfonamides is 1. The van der Waals surface area contributed by atoms with Gasteiger partial charge in [-0.15, -0.1) is 0 Å². The minimum Gasteiger partial charge on any atom is -0.467 e. The molecule has 5 rings (SSSR count). The second-order valence-corrected chi connectivity index (χ2v) is 14.3. The van der Waals surface area contributed by atoms with E-state index in [-0.39, 0.29) is 52.0 Å². The number of nitrogens with one attached hydrogen (secondary N) is 2. The number of aromatic nitrogens is 1. The smallest absolute Gasteiger partial charge is 0.328 e. The number of alkyl halides is 2. The molecule has 17 heteroatoms. The molecule has 1 aromatic heterocycles. The number of nitriles is 1. The molecule has 0 radical (unpaired) electrons. The number of nitrogens with zero attached hydrogens (tertiary/aromatic N) is 4. The van der Waals surface area contributed by atoms with Crippen LogP contribution in [0.2, 0.25) is 10.0 Å². The molecule has 0 aliphatic carbocycles.